The van der Waals surface area contributed by atoms with E-state index >= 15 is 0 Å². The molecule has 2 N–H and O–H groups in total. The maximum atomic E-state index is 13.4. The second kappa shape index (κ2) is 5.61. The van der Waals surface area contributed by atoms with Crippen LogP contribution in [0.1, 0.15) is 19.5 Å². The molecular formula is C19H21FN2O. The molecule has 0 aliphatic rings. The van der Waals surface area contributed by atoms with E-state index in [1.807, 2.05) is 57.2 Å². The SMILES string of the molecule is Cc1cc2cc(F)ccc2n1CC(C)(C)Oc1ccc(N)cc1. The smallest absolute Gasteiger partial charge is 0.123 e. The van der Waals surface area contributed by atoms with Crippen LogP contribution in [0.2, 0.25) is 0 Å². The first kappa shape index (κ1) is 15.4. The number of hydrogen-bond acceptors (Lipinski definition) is 2. The highest BCUT2D eigenvalue weighted by Gasteiger charge is 2.22. The van der Waals surface area contributed by atoms with Crippen LogP contribution >= 0.6 is 0 Å². The third-order valence-corrected chi connectivity index (χ3v) is 3.88. The molecule has 2 aromatic carbocycles. The minimum Gasteiger partial charge on any atom is -0.486 e. The van der Waals surface area contributed by atoms with Crippen LogP contribution in [0, 0.1) is 12.7 Å². The average molecular weight is 312 g/mol. The highest BCUT2D eigenvalue weighted by atomic mass is 19.1. The number of hydrogen-bond donors (Lipinski definition) is 1. The van der Waals surface area contributed by atoms with Gasteiger partial charge in [0.2, 0.25) is 0 Å². The van der Waals surface area contributed by atoms with E-state index in [1.165, 1.54) is 6.07 Å². The first-order valence-corrected chi connectivity index (χ1v) is 7.64. The van der Waals surface area contributed by atoms with Crippen molar-refractivity contribution >= 4 is 16.6 Å². The molecule has 0 spiro atoms. The van der Waals surface area contributed by atoms with Gasteiger partial charge in [-0.15, -0.1) is 0 Å². The first-order chi connectivity index (χ1) is 10.8. The number of nitrogens with two attached hydrogens (primary N) is 1. The van der Waals surface area contributed by atoms with Crippen LogP contribution < -0.4 is 10.5 Å². The fraction of sp³-hybridized carbons (Fsp3) is 0.263. The summed E-state index contributed by atoms with van der Waals surface area (Å²) in [7, 11) is 0. The molecule has 0 bridgehead atoms. The molecule has 1 aromatic heterocycles. The molecule has 0 radical (unpaired) electrons. The lowest BCUT2D eigenvalue weighted by molar-refractivity contribution is 0.0902. The van der Waals surface area contributed by atoms with Gasteiger partial charge in [0.15, 0.2) is 0 Å². The lowest BCUT2D eigenvalue weighted by Gasteiger charge is -2.28. The molecule has 3 nitrogen and oxygen atoms in total. The molecule has 0 saturated heterocycles. The lowest BCUT2D eigenvalue weighted by atomic mass is 10.1. The summed E-state index contributed by atoms with van der Waals surface area (Å²) in [4.78, 5) is 0. The van der Waals surface area contributed by atoms with Gasteiger partial charge in [-0.25, -0.2) is 4.39 Å². The Balaban J connectivity index is 1.88. The topological polar surface area (TPSA) is 40.2 Å². The van der Waals surface area contributed by atoms with E-state index in [1.54, 1.807) is 6.07 Å². The highest BCUT2D eigenvalue weighted by molar-refractivity contribution is 5.81. The summed E-state index contributed by atoms with van der Waals surface area (Å²) in [6.45, 7) is 6.77. The molecule has 0 aliphatic carbocycles. The molecule has 1 heterocycles. The Bertz CT molecular complexity index is 834. The molecule has 23 heavy (non-hydrogen) atoms. The van der Waals surface area contributed by atoms with Gasteiger partial charge in [-0.1, -0.05) is 0 Å². The molecule has 0 atom stereocenters. The van der Waals surface area contributed by atoms with Gasteiger partial charge < -0.3 is 15.0 Å². The molecule has 3 rings (SSSR count). The molecule has 0 amide bonds. The quantitative estimate of drug-likeness (QED) is 0.719. The Morgan fingerprint density at radius 2 is 1.78 bits per heavy atom. The maximum Gasteiger partial charge on any atom is 0.123 e. The van der Waals surface area contributed by atoms with E-state index in [0.29, 0.717) is 12.2 Å². The van der Waals surface area contributed by atoms with Crippen molar-refractivity contribution in [3.63, 3.8) is 0 Å². The zero-order valence-corrected chi connectivity index (χ0v) is 13.6. The number of anilines is 1. The molecule has 3 aromatic rings. The van der Waals surface area contributed by atoms with E-state index in [-0.39, 0.29) is 5.82 Å². The second-order valence-electron chi connectivity index (χ2n) is 6.51. The van der Waals surface area contributed by atoms with Crippen LogP contribution in [-0.2, 0) is 6.54 Å². The van der Waals surface area contributed by atoms with Crippen molar-refractivity contribution in [3.8, 4) is 5.75 Å². The normalized spacial score (nSPS) is 11.8. The van der Waals surface area contributed by atoms with Crippen molar-refractivity contribution in [1.82, 2.24) is 4.57 Å². The zero-order chi connectivity index (χ0) is 16.6. The number of aromatic nitrogens is 1. The molecule has 120 valence electrons. The van der Waals surface area contributed by atoms with Gasteiger partial charge >= 0.3 is 0 Å². The van der Waals surface area contributed by atoms with Crippen molar-refractivity contribution in [2.75, 3.05) is 5.73 Å². The Kier molecular flexibility index (Phi) is 3.76. The lowest BCUT2D eigenvalue weighted by Crippen LogP contribution is -2.34. The van der Waals surface area contributed by atoms with Crippen molar-refractivity contribution < 1.29 is 9.13 Å². The summed E-state index contributed by atoms with van der Waals surface area (Å²) in [5.41, 5.74) is 8.10. The molecular weight excluding hydrogens is 291 g/mol. The van der Waals surface area contributed by atoms with Crippen molar-refractivity contribution in [3.05, 3.63) is 60.0 Å². The fourth-order valence-corrected chi connectivity index (χ4v) is 2.86. The minimum absolute atomic E-state index is 0.216. The predicted octanol–water partition coefficient (Wildman–Crippen LogP) is 4.53. The number of fused-ring (bicyclic) bond motifs is 1. The fourth-order valence-electron chi connectivity index (χ4n) is 2.86. The van der Waals surface area contributed by atoms with Crippen molar-refractivity contribution in [2.45, 2.75) is 32.9 Å². The Labute approximate surface area is 135 Å². The third kappa shape index (κ3) is 3.31. The summed E-state index contributed by atoms with van der Waals surface area (Å²) in [6.07, 6.45) is 0. The summed E-state index contributed by atoms with van der Waals surface area (Å²) < 4.78 is 21.7. The monoisotopic (exact) mass is 312 g/mol. The molecule has 4 heteroatoms. The van der Waals surface area contributed by atoms with E-state index in [0.717, 1.165) is 22.3 Å². The van der Waals surface area contributed by atoms with Gasteiger partial charge in [-0.3, -0.25) is 0 Å². The number of halogens is 1. The number of aryl methyl sites for hydroxylation is 1. The Hall–Kier alpha value is -2.49. The molecule has 0 unspecified atom stereocenters. The van der Waals surface area contributed by atoms with E-state index in [2.05, 4.69) is 4.57 Å². The largest absolute Gasteiger partial charge is 0.486 e. The summed E-state index contributed by atoms with van der Waals surface area (Å²) in [6, 6.07) is 14.3. The van der Waals surface area contributed by atoms with Crippen LogP contribution in [0.25, 0.3) is 10.9 Å². The molecule has 0 fully saturated rings. The summed E-state index contributed by atoms with van der Waals surface area (Å²) in [5, 5.41) is 0.908. The maximum absolute atomic E-state index is 13.4. The number of ether oxygens (including phenoxy) is 1. The highest BCUT2D eigenvalue weighted by Crippen LogP contribution is 2.26. The Morgan fingerprint density at radius 3 is 2.48 bits per heavy atom. The molecule has 0 aliphatic heterocycles. The second-order valence-corrected chi connectivity index (χ2v) is 6.51. The van der Waals surface area contributed by atoms with Gasteiger partial charge in [0.25, 0.3) is 0 Å². The minimum atomic E-state index is -0.415. The van der Waals surface area contributed by atoms with E-state index < -0.39 is 5.60 Å². The van der Waals surface area contributed by atoms with Crippen molar-refractivity contribution in [2.24, 2.45) is 0 Å². The standard InChI is InChI=1S/C19H21FN2O/c1-13-10-14-11-15(20)4-9-18(14)22(13)12-19(2,3)23-17-7-5-16(21)6-8-17/h4-11H,12,21H2,1-3H3. The van der Waals surface area contributed by atoms with Crippen LogP contribution in [0.5, 0.6) is 5.75 Å². The predicted molar refractivity (Wildman–Crippen MR) is 92.2 cm³/mol. The Morgan fingerprint density at radius 1 is 1.09 bits per heavy atom. The molecule has 0 saturated carbocycles. The average Bonchev–Trinajstić information content (AvgIpc) is 2.76. The first-order valence-electron chi connectivity index (χ1n) is 7.64. The van der Waals surface area contributed by atoms with Gasteiger partial charge in [-0.2, -0.15) is 0 Å². The van der Waals surface area contributed by atoms with E-state index in [9.17, 15) is 4.39 Å². The van der Waals surface area contributed by atoms with Gasteiger partial charge in [0, 0.05) is 22.3 Å². The van der Waals surface area contributed by atoms with Gasteiger partial charge in [0.1, 0.15) is 17.2 Å². The van der Waals surface area contributed by atoms with Crippen LogP contribution in [-0.4, -0.2) is 10.2 Å². The van der Waals surface area contributed by atoms with Crippen LogP contribution in [0.15, 0.2) is 48.5 Å². The van der Waals surface area contributed by atoms with Crippen LogP contribution in [0.3, 0.4) is 0 Å². The summed E-state index contributed by atoms with van der Waals surface area (Å²) >= 11 is 0. The number of benzene rings is 2. The number of rotatable bonds is 4. The number of nitrogen functional groups attached to an aromatic ring is 1. The van der Waals surface area contributed by atoms with Gasteiger partial charge in [0.05, 0.1) is 6.54 Å². The van der Waals surface area contributed by atoms with Crippen LogP contribution in [0.4, 0.5) is 10.1 Å². The summed E-state index contributed by atoms with van der Waals surface area (Å²) in [5.74, 6) is 0.566. The van der Waals surface area contributed by atoms with E-state index in [4.69, 9.17) is 10.5 Å². The zero-order valence-electron chi connectivity index (χ0n) is 13.6. The van der Waals surface area contributed by atoms with Crippen molar-refractivity contribution in [1.29, 1.82) is 0 Å². The van der Waals surface area contributed by atoms with Gasteiger partial charge in [-0.05, 0) is 69.3 Å². The number of nitrogens with zero attached hydrogens (tertiary/aromatic N) is 1. The third-order valence-electron chi connectivity index (χ3n) is 3.88.